The van der Waals surface area contributed by atoms with Gasteiger partial charge in [0.15, 0.2) is 12.2 Å². The molecule has 590 valence electrons. The van der Waals surface area contributed by atoms with Crippen molar-refractivity contribution in [2.45, 2.75) is 431 Å². The zero-order valence-corrected chi connectivity index (χ0v) is 66.5. The van der Waals surface area contributed by atoms with Gasteiger partial charge in [0, 0.05) is 25.7 Å². The molecule has 0 fully saturated rings. The number of hydrogen-bond donors (Lipinski definition) is 3. The Balaban J connectivity index is 5.28. The molecule has 17 nitrogen and oxygen atoms in total. The Kier molecular flexibility index (Phi) is 73.0. The van der Waals surface area contributed by atoms with Gasteiger partial charge in [-0.3, -0.25) is 37.3 Å². The summed E-state index contributed by atoms with van der Waals surface area (Å²) in [6.07, 6.45) is 70.0. The van der Waals surface area contributed by atoms with Gasteiger partial charge in [-0.05, 0) is 57.8 Å². The number of ether oxygens (including phenoxy) is 4. The van der Waals surface area contributed by atoms with Gasteiger partial charge in [-0.2, -0.15) is 0 Å². The summed E-state index contributed by atoms with van der Waals surface area (Å²) >= 11 is 0. The van der Waals surface area contributed by atoms with Gasteiger partial charge in [0.1, 0.15) is 19.3 Å². The lowest BCUT2D eigenvalue weighted by molar-refractivity contribution is -0.161. The Morgan fingerprint density at radius 2 is 0.490 bits per heavy atom. The fourth-order valence-corrected chi connectivity index (χ4v) is 13.7. The molecule has 0 saturated heterocycles. The highest BCUT2D eigenvalue weighted by atomic mass is 31.2. The summed E-state index contributed by atoms with van der Waals surface area (Å²) in [7, 11) is -9.93. The number of unbranched alkanes of at least 4 members (excludes halogenated alkanes) is 50. The van der Waals surface area contributed by atoms with Crippen molar-refractivity contribution in [1.29, 1.82) is 0 Å². The molecule has 0 aliphatic rings. The molecule has 0 aromatic heterocycles. The minimum Gasteiger partial charge on any atom is -0.462 e. The second kappa shape index (κ2) is 74.8. The topological polar surface area (TPSA) is 237 Å². The number of aliphatic hydroxyl groups is 1. The second-order valence-corrected chi connectivity index (χ2v) is 31.4. The predicted molar refractivity (Wildman–Crippen MR) is 409 cm³/mol. The highest BCUT2D eigenvalue weighted by Crippen LogP contribution is 2.45. The molecule has 0 radical (unpaired) electrons. The van der Waals surface area contributed by atoms with Gasteiger partial charge in [-0.25, -0.2) is 9.13 Å². The number of aliphatic hydroxyl groups excluding tert-OH is 1. The van der Waals surface area contributed by atoms with E-state index < -0.39 is 97.5 Å². The Hall–Kier alpha value is -2.46. The minimum absolute atomic E-state index is 0.102. The van der Waals surface area contributed by atoms with Crippen LogP contribution < -0.4 is 0 Å². The number of esters is 4. The van der Waals surface area contributed by atoms with Gasteiger partial charge in [0.2, 0.25) is 0 Å². The average Bonchev–Trinajstić information content (AvgIpc) is 0.937. The van der Waals surface area contributed by atoms with Crippen molar-refractivity contribution in [3.05, 3.63) is 24.3 Å². The number of hydrogen-bond acceptors (Lipinski definition) is 15. The monoisotopic (exact) mass is 1460 g/mol. The number of phosphoric ester groups is 2. The van der Waals surface area contributed by atoms with Crippen molar-refractivity contribution >= 4 is 39.5 Å². The van der Waals surface area contributed by atoms with E-state index in [9.17, 15) is 43.2 Å². The first kappa shape index (κ1) is 97.5. The first-order valence-corrected chi connectivity index (χ1v) is 44.6. The lowest BCUT2D eigenvalue weighted by Crippen LogP contribution is -2.30. The number of carbonyl (C=O) groups excluding carboxylic acids is 4. The molecule has 19 heteroatoms. The van der Waals surface area contributed by atoms with E-state index in [-0.39, 0.29) is 25.7 Å². The van der Waals surface area contributed by atoms with Crippen LogP contribution in [0.25, 0.3) is 0 Å². The molecule has 2 unspecified atom stereocenters. The summed E-state index contributed by atoms with van der Waals surface area (Å²) in [6.45, 7) is 4.96. The van der Waals surface area contributed by atoms with Crippen molar-refractivity contribution in [3.63, 3.8) is 0 Å². The maximum absolute atomic E-state index is 13.1. The predicted octanol–water partition coefficient (Wildman–Crippen LogP) is 24.1. The van der Waals surface area contributed by atoms with Gasteiger partial charge < -0.3 is 33.8 Å². The van der Waals surface area contributed by atoms with E-state index >= 15 is 0 Å². The van der Waals surface area contributed by atoms with Crippen LogP contribution in [0.1, 0.15) is 413 Å². The molecular weight excluding hydrogens is 1310 g/mol. The quantitative estimate of drug-likeness (QED) is 0.0169. The van der Waals surface area contributed by atoms with E-state index in [0.29, 0.717) is 25.7 Å². The van der Waals surface area contributed by atoms with Crippen LogP contribution in [0, 0.1) is 0 Å². The molecule has 0 aromatic carbocycles. The molecule has 0 amide bonds. The van der Waals surface area contributed by atoms with Gasteiger partial charge in [0.25, 0.3) is 0 Å². The van der Waals surface area contributed by atoms with Crippen LogP contribution in [0.3, 0.4) is 0 Å². The number of carbonyl (C=O) groups is 4. The van der Waals surface area contributed by atoms with Crippen molar-refractivity contribution in [1.82, 2.24) is 0 Å². The van der Waals surface area contributed by atoms with E-state index in [4.69, 9.17) is 37.0 Å². The van der Waals surface area contributed by atoms with Crippen molar-refractivity contribution < 1.29 is 80.2 Å². The first-order chi connectivity index (χ1) is 48.7. The lowest BCUT2D eigenvalue weighted by atomic mass is 10.0. The molecule has 3 N–H and O–H groups in total. The summed E-state index contributed by atoms with van der Waals surface area (Å²) < 4.78 is 68.7. The van der Waals surface area contributed by atoms with Crippen LogP contribution in [0.2, 0.25) is 0 Å². The minimum atomic E-state index is -4.97. The Morgan fingerprint density at radius 3 is 0.760 bits per heavy atom. The van der Waals surface area contributed by atoms with Crippen LogP contribution in [-0.2, 0) is 65.4 Å². The first-order valence-electron chi connectivity index (χ1n) is 41.6. The molecule has 0 aliphatic heterocycles. The summed E-state index contributed by atoms with van der Waals surface area (Å²) in [6, 6.07) is 0. The van der Waals surface area contributed by atoms with E-state index in [1.807, 2.05) is 0 Å². The van der Waals surface area contributed by atoms with E-state index in [1.54, 1.807) is 0 Å². The molecule has 0 heterocycles. The standard InChI is InChI=1S/C81H154O17P2/c1-5-9-13-17-21-25-29-33-36-37-40-43-46-50-54-58-62-66-79(84)92-72-77(98-81(86)68-64-60-56-52-48-44-39-35-31-27-23-19-15-11-7-3)74-96-100(89,90)94-70-75(82)69-93-99(87,88)95-73-76(97-80(85)67-63-59-55-51-47-41-32-28-24-20-16-12-8-4)71-91-78(83)65-61-57-53-49-45-42-38-34-30-26-22-18-14-10-6-2/h22,26,34,38,75-77,82H,5-21,23-25,27-33,35-37,39-74H2,1-4H3,(H,87,88)(H,89,90)/b26-22-,38-34-/t75-,76+,77+/m0/s1. The Labute approximate surface area is 612 Å². The SMILES string of the molecule is CCCCC/C=C\C/C=C\CCCCCCCC(=O)OC[C@H](COP(=O)(O)OC[C@H](O)COP(=O)(O)OC[C@@H](COC(=O)CCCCCCCCCCCCCCCCCCC)OC(=O)CCCCCCCCCCCCCCCCC)OC(=O)CCCCCCCCCCCCCCC. The third-order valence-corrected chi connectivity index (χ3v) is 20.4. The molecule has 100 heavy (non-hydrogen) atoms. The van der Waals surface area contributed by atoms with Crippen LogP contribution in [0.5, 0.6) is 0 Å². The van der Waals surface area contributed by atoms with Gasteiger partial charge >= 0.3 is 39.5 Å². The zero-order chi connectivity index (χ0) is 73.2. The van der Waals surface area contributed by atoms with Gasteiger partial charge in [-0.1, -0.05) is 354 Å². The lowest BCUT2D eigenvalue weighted by Gasteiger charge is -2.21. The van der Waals surface area contributed by atoms with Gasteiger partial charge in [-0.15, -0.1) is 0 Å². The Bertz CT molecular complexity index is 1990. The Morgan fingerprint density at radius 1 is 0.280 bits per heavy atom. The van der Waals surface area contributed by atoms with E-state index in [1.165, 1.54) is 218 Å². The molecule has 0 rings (SSSR count). The zero-order valence-electron chi connectivity index (χ0n) is 64.7. The summed E-state index contributed by atoms with van der Waals surface area (Å²) in [5, 5.41) is 10.6. The maximum atomic E-state index is 13.1. The van der Waals surface area contributed by atoms with Crippen LogP contribution in [0.4, 0.5) is 0 Å². The smallest absolute Gasteiger partial charge is 0.462 e. The summed E-state index contributed by atoms with van der Waals surface area (Å²) in [4.78, 5) is 73.0. The third kappa shape index (κ3) is 73.8. The normalized spacial score (nSPS) is 13.9. The number of phosphoric acid groups is 2. The fraction of sp³-hybridized carbons (Fsp3) is 0.901. The fourth-order valence-electron chi connectivity index (χ4n) is 12.1. The largest absolute Gasteiger partial charge is 0.472 e. The van der Waals surface area contributed by atoms with Crippen LogP contribution in [-0.4, -0.2) is 96.7 Å². The van der Waals surface area contributed by atoms with E-state index in [0.717, 1.165) is 116 Å². The summed E-state index contributed by atoms with van der Waals surface area (Å²) in [5.41, 5.74) is 0. The molecule has 0 aromatic rings. The highest BCUT2D eigenvalue weighted by molar-refractivity contribution is 7.47. The van der Waals surface area contributed by atoms with Gasteiger partial charge in [0.05, 0.1) is 26.4 Å². The maximum Gasteiger partial charge on any atom is 0.472 e. The molecule has 5 atom stereocenters. The van der Waals surface area contributed by atoms with Crippen molar-refractivity contribution in [2.24, 2.45) is 0 Å². The average molecular weight is 1460 g/mol. The third-order valence-electron chi connectivity index (χ3n) is 18.4. The second-order valence-electron chi connectivity index (χ2n) is 28.4. The summed E-state index contributed by atoms with van der Waals surface area (Å²) in [5.74, 6) is -2.13. The van der Waals surface area contributed by atoms with Crippen LogP contribution in [0.15, 0.2) is 24.3 Å². The number of rotatable bonds is 80. The molecule has 0 bridgehead atoms. The van der Waals surface area contributed by atoms with Crippen LogP contribution >= 0.6 is 15.6 Å². The molecule has 0 spiro atoms. The molecular formula is C81H154O17P2. The molecule has 0 saturated carbocycles. The highest BCUT2D eigenvalue weighted by Gasteiger charge is 2.30. The van der Waals surface area contributed by atoms with E-state index in [2.05, 4.69) is 52.0 Å². The van der Waals surface area contributed by atoms with Crippen molar-refractivity contribution in [2.75, 3.05) is 39.6 Å². The molecule has 0 aliphatic carbocycles. The number of allylic oxidation sites excluding steroid dienone is 4. The van der Waals surface area contributed by atoms with Crippen molar-refractivity contribution in [3.8, 4) is 0 Å².